The zero-order valence-corrected chi connectivity index (χ0v) is 20.7. The summed E-state index contributed by atoms with van der Waals surface area (Å²) in [5.74, 6) is 2.40. The largest absolute Gasteiger partial charge is 0.497 e. The first-order chi connectivity index (χ1) is 14.2. The van der Waals surface area contributed by atoms with Gasteiger partial charge in [0.25, 0.3) is 0 Å². The van der Waals surface area contributed by atoms with Crippen molar-refractivity contribution in [3.05, 3.63) is 29.8 Å². The summed E-state index contributed by atoms with van der Waals surface area (Å²) in [5, 5.41) is 6.88. The quantitative estimate of drug-likeness (QED) is 0.234. The normalized spacial score (nSPS) is 19.5. The second-order valence-corrected chi connectivity index (χ2v) is 8.11. The van der Waals surface area contributed by atoms with Crippen LogP contribution in [-0.4, -0.2) is 56.1 Å². The fourth-order valence-electron chi connectivity index (χ4n) is 4.32. The molecule has 0 radical (unpaired) electrons. The highest BCUT2D eigenvalue weighted by Crippen LogP contribution is 2.27. The monoisotopic (exact) mass is 528 g/mol. The molecule has 6 nitrogen and oxygen atoms in total. The third kappa shape index (κ3) is 7.32. The number of nitrogens with zero attached hydrogens (tertiary/aromatic N) is 2. The Morgan fingerprint density at radius 1 is 1.27 bits per heavy atom. The van der Waals surface area contributed by atoms with Crippen LogP contribution in [-0.2, 0) is 11.2 Å². The number of hydrogen-bond donors (Lipinski definition) is 2. The van der Waals surface area contributed by atoms with Crippen molar-refractivity contribution in [2.24, 2.45) is 10.9 Å². The van der Waals surface area contributed by atoms with E-state index in [0.717, 1.165) is 70.0 Å². The number of rotatable bonds is 8. The number of nitrogens with one attached hydrogen (secondary N) is 2. The molecule has 168 valence electrons. The lowest BCUT2D eigenvalue weighted by Gasteiger charge is -2.21. The lowest BCUT2D eigenvalue weighted by molar-refractivity contribution is -0.134. The topological polar surface area (TPSA) is 66.0 Å². The molecule has 3 rings (SSSR count). The minimum Gasteiger partial charge on any atom is -0.497 e. The van der Waals surface area contributed by atoms with Gasteiger partial charge in [-0.05, 0) is 56.7 Å². The molecule has 1 aliphatic carbocycles. The fraction of sp³-hybridized carbons (Fsp3) is 0.652. The highest BCUT2D eigenvalue weighted by Gasteiger charge is 2.32. The van der Waals surface area contributed by atoms with Crippen LogP contribution in [0.25, 0.3) is 0 Å². The van der Waals surface area contributed by atoms with Gasteiger partial charge in [0.1, 0.15) is 5.75 Å². The van der Waals surface area contributed by atoms with Crippen molar-refractivity contribution in [2.45, 2.75) is 57.9 Å². The summed E-state index contributed by atoms with van der Waals surface area (Å²) in [7, 11) is 1.70. The Morgan fingerprint density at radius 3 is 2.80 bits per heavy atom. The standard InChI is InChI=1S/C23H36N4O2.HI/c1-3-24-23(25-14-7-9-18-8-6-12-21(16-18)29-2)26-20-13-15-27(17-20)22(28)19-10-4-5-11-19;/h6,8,12,16,19-20H,3-5,7,9-11,13-15,17H2,1-2H3,(H2,24,25,26);1H. The van der Waals surface area contributed by atoms with Crippen molar-refractivity contribution in [3.8, 4) is 5.75 Å². The Bertz CT molecular complexity index is 692. The van der Waals surface area contributed by atoms with E-state index in [1.807, 2.05) is 12.1 Å². The van der Waals surface area contributed by atoms with E-state index in [2.05, 4.69) is 34.6 Å². The summed E-state index contributed by atoms with van der Waals surface area (Å²) in [6, 6.07) is 8.50. The molecule has 1 amide bonds. The summed E-state index contributed by atoms with van der Waals surface area (Å²) in [6.45, 7) is 5.34. The Hall–Kier alpha value is -1.51. The zero-order valence-electron chi connectivity index (χ0n) is 18.4. The summed E-state index contributed by atoms with van der Waals surface area (Å²) >= 11 is 0. The summed E-state index contributed by atoms with van der Waals surface area (Å²) in [5.41, 5.74) is 1.27. The average molecular weight is 528 g/mol. The lowest BCUT2D eigenvalue weighted by Crippen LogP contribution is -2.45. The molecular formula is C23H37IN4O2. The third-order valence-electron chi connectivity index (χ3n) is 5.92. The molecule has 7 heteroatoms. The lowest BCUT2D eigenvalue weighted by atomic mass is 10.1. The van der Waals surface area contributed by atoms with E-state index in [9.17, 15) is 4.79 Å². The molecule has 30 heavy (non-hydrogen) atoms. The van der Waals surface area contributed by atoms with Gasteiger partial charge in [0.05, 0.1) is 7.11 Å². The van der Waals surface area contributed by atoms with Crippen LogP contribution >= 0.6 is 24.0 Å². The molecule has 1 aromatic rings. The van der Waals surface area contributed by atoms with Crippen molar-refractivity contribution in [1.29, 1.82) is 0 Å². The summed E-state index contributed by atoms with van der Waals surface area (Å²) in [6.07, 6.45) is 7.52. The highest BCUT2D eigenvalue weighted by molar-refractivity contribution is 14.0. The number of benzene rings is 1. The molecule has 1 aliphatic heterocycles. The van der Waals surface area contributed by atoms with E-state index in [1.54, 1.807) is 7.11 Å². The van der Waals surface area contributed by atoms with Crippen LogP contribution < -0.4 is 15.4 Å². The van der Waals surface area contributed by atoms with Gasteiger partial charge in [0.15, 0.2) is 5.96 Å². The van der Waals surface area contributed by atoms with Crippen LogP contribution in [0.4, 0.5) is 0 Å². The van der Waals surface area contributed by atoms with Gasteiger partial charge in [-0.1, -0.05) is 25.0 Å². The van der Waals surface area contributed by atoms with Gasteiger partial charge in [-0.2, -0.15) is 0 Å². The maximum atomic E-state index is 12.6. The first-order valence-corrected chi connectivity index (χ1v) is 11.2. The smallest absolute Gasteiger partial charge is 0.225 e. The van der Waals surface area contributed by atoms with Crippen LogP contribution in [0.15, 0.2) is 29.3 Å². The Labute approximate surface area is 198 Å². The molecule has 2 fully saturated rings. The van der Waals surface area contributed by atoms with Crippen LogP contribution in [0.2, 0.25) is 0 Å². The number of methoxy groups -OCH3 is 1. The fourth-order valence-corrected chi connectivity index (χ4v) is 4.32. The number of aliphatic imine (C=N–C) groups is 1. The average Bonchev–Trinajstić information content (AvgIpc) is 3.43. The number of halogens is 1. The van der Waals surface area contributed by atoms with Crippen LogP contribution in [0.1, 0.15) is 51.0 Å². The number of guanidine groups is 1. The molecule has 1 atom stereocenters. The second kappa shape index (κ2) is 13.0. The number of carbonyl (C=O) groups excluding carboxylic acids is 1. The van der Waals surface area contributed by atoms with Crippen molar-refractivity contribution in [2.75, 3.05) is 33.3 Å². The van der Waals surface area contributed by atoms with E-state index >= 15 is 0 Å². The van der Waals surface area contributed by atoms with Gasteiger partial charge in [0.2, 0.25) is 5.91 Å². The van der Waals surface area contributed by atoms with Crippen LogP contribution in [0, 0.1) is 5.92 Å². The van der Waals surface area contributed by atoms with E-state index in [1.165, 1.54) is 18.4 Å². The van der Waals surface area contributed by atoms with Gasteiger partial charge < -0.3 is 20.3 Å². The Kier molecular flexibility index (Phi) is 10.7. The molecule has 0 aromatic heterocycles. The molecule has 2 N–H and O–H groups in total. The predicted octanol–water partition coefficient (Wildman–Crippen LogP) is 3.59. The molecule has 2 aliphatic rings. The maximum Gasteiger partial charge on any atom is 0.225 e. The molecule has 0 bridgehead atoms. The zero-order chi connectivity index (χ0) is 20.5. The summed E-state index contributed by atoms with van der Waals surface area (Å²) in [4.78, 5) is 19.4. The van der Waals surface area contributed by atoms with Gasteiger partial charge >= 0.3 is 0 Å². The number of carbonyl (C=O) groups is 1. The number of likely N-dealkylation sites (tertiary alicyclic amines) is 1. The van der Waals surface area contributed by atoms with Crippen molar-refractivity contribution in [1.82, 2.24) is 15.5 Å². The van der Waals surface area contributed by atoms with Crippen molar-refractivity contribution < 1.29 is 9.53 Å². The first-order valence-electron chi connectivity index (χ1n) is 11.2. The van der Waals surface area contributed by atoms with Crippen LogP contribution in [0.5, 0.6) is 5.75 Å². The number of hydrogen-bond acceptors (Lipinski definition) is 3. The molecule has 1 heterocycles. The van der Waals surface area contributed by atoms with E-state index < -0.39 is 0 Å². The number of aryl methyl sites for hydroxylation is 1. The molecule has 1 aromatic carbocycles. The molecular weight excluding hydrogens is 491 g/mol. The van der Waals surface area contributed by atoms with Crippen molar-refractivity contribution >= 4 is 35.8 Å². The Balaban J connectivity index is 0.00000320. The minimum atomic E-state index is 0. The third-order valence-corrected chi connectivity index (χ3v) is 5.92. The van der Waals surface area contributed by atoms with E-state index in [-0.39, 0.29) is 35.9 Å². The Morgan fingerprint density at radius 2 is 2.07 bits per heavy atom. The highest BCUT2D eigenvalue weighted by atomic mass is 127. The number of ether oxygens (including phenoxy) is 1. The molecule has 1 unspecified atom stereocenters. The second-order valence-electron chi connectivity index (χ2n) is 8.11. The first kappa shape index (κ1) is 24.8. The molecule has 1 saturated carbocycles. The van der Waals surface area contributed by atoms with Gasteiger partial charge in [0, 0.05) is 38.1 Å². The molecule has 0 spiro atoms. The van der Waals surface area contributed by atoms with Gasteiger partial charge in [-0.3, -0.25) is 9.79 Å². The van der Waals surface area contributed by atoms with Crippen LogP contribution in [0.3, 0.4) is 0 Å². The van der Waals surface area contributed by atoms with Crippen molar-refractivity contribution in [3.63, 3.8) is 0 Å². The predicted molar refractivity (Wildman–Crippen MR) is 133 cm³/mol. The minimum absolute atomic E-state index is 0. The maximum absolute atomic E-state index is 12.6. The summed E-state index contributed by atoms with van der Waals surface area (Å²) < 4.78 is 5.29. The van der Waals surface area contributed by atoms with Gasteiger partial charge in [-0.15, -0.1) is 24.0 Å². The van der Waals surface area contributed by atoms with E-state index in [0.29, 0.717) is 5.91 Å². The number of amides is 1. The van der Waals surface area contributed by atoms with Gasteiger partial charge in [-0.25, -0.2) is 0 Å². The SMILES string of the molecule is CCNC(=NCCCc1cccc(OC)c1)NC1CCN(C(=O)C2CCCC2)C1.I. The molecule has 1 saturated heterocycles. The van der Waals surface area contributed by atoms with E-state index in [4.69, 9.17) is 9.73 Å².